The molecule has 1 amide bonds. The first-order valence-corrected chi connectivity index (χ1v) is 8.58. The quantitative estimate of drug-likeness (QED) is 0.689. The maximum absolute atomic E-state index is 11.7. The van der Waals surface area contributed by atoms with Gasteiger partial charge in [-0.25, -0.2) is 0 Å². The minimum absolute atomic E-state index is 0.0150. The highest BCUT2D eigenvalue weighted by Gasteiger charge is 2.21. The van der Waals surface area contributed by atoms with Gasteiger partial charge >= 0.3 is 0 Å². The third-order valence-corrected chi connectivity index (χ3v) is 4.14. The molecule has 0 unspecified atom stereocenters. The van der Waals surface area contributed by atoms with Crippen LogP contribution in [0.15, 0.2) is 48.7 Å². The fourth-order valence-corrected chi connectivity index (χ4v) is 2.76. The number of nitrogens with one attached hydrogen (secondary N) is 1. The summed E-state index contributed by atoms with van der Waals surface area (Å²) in [6.45, 7) is 0.0355. The SMILES string of the molecule is CNC(=O)c1cc(COc2nc(N)c(C#N)c(-c3ccccc3)c2C#N)ccn1. The van der Waals surface area contributed by atoms with Gasteiger partial charge in [0.15, 0.2) is 0 Å². The van der Waals surface area contributed by atoms with Gasteiger partial charge in [0.05, 0.1) is 0 Å². The van der Waals surface area contributed by atoms with Gasteiger partial charge in [-0.1, -0.05) is 30.3 Å². The van der Waals surface area contributed by atoms with Crippen LogP contribution < -0.4 is 15.8 Å². The molecule has 2 heterocycles. The highest BCUT2D eigenvalue weighted by molar-refractivity contribution is 5.92. The number of nitrogen functional groups attached to an aromatic ring is 1. The van der Waals surface area contributed by atoms with Crippen molar-refractivity contribution in [2.75, 3.05) is 12.8 Å². The number of nitrogens with two attached hydrogens (primary N) is 1. The van der Waals surface area contributed by atoms with E-state index < -0.39 is 0 Å². The maximum Gasteiger partial charge on any atom is 0.269 e. The lowest BCUT2D eigenvalue weighted by Gasteiger charge is -2.14. The number of nitriles is 2. The molecule has 29 heavy (non-hydrogen) atoms. The Kier molecular flexibility index (Phi) is 5.67. The van der Waals surface area contributed by atoms with Crippen molar-refractivity contribution in [1.29, 1.82) is 10.5 Å². The van der Waals surface area contributed by atoms with E-state index in [4.69, 9.17) is 10.5 Å². The second kappa shape index (κ2) is 8.51. The summed E-state index contributed by atoms with van der Waals surface area (Å²) >= 11 is 0. The van der Waals surface area contributed by atoms with Crippen molar-refractivity contribution < 1.29 is 9.53 Å². The van der Waals surface area contributed by atoms with Crippen LogP contribution in [0.5, 0.6) is 5.88 Å². The second-order valence-corrected chi connectivity index (χ2v) is 5.93. The number of benzene rings is 1. The zero-order valence-corrected chi connectivity index (χ0v) is 15.5. The van der Waals surface area contributed by atoms with Gasteiger partial charge < -0.3 is 15.8 Å². The minimum atomic E-state index is -0.323. The minimum Gasteiger partial charge on any atom is -0.472 e. The Hall–Kier alpha value is -4.43. The smallest absolute Gasteiger partial charge is 0.269 e. The Labute approximate surface area is 167 Å². The lowest BCUT2D eigenvalue weighted by Crippen LogP contribution is -2.19. The van der Waals surface area contributed by atoms with E-state index in [-0.39, 0.29) is 41.0 Å². The first-order chi connectivity index (χ1) is 14.1. The molecule has 1 aromatic carbocycles. The molecule has 0 spiro atoms. The fraction of sp³-hybridized carbons (Fsp3) is 0.0952. The molecule has 0 bridgehead atoms. The molecule has 0 aliphatic heterocycles. The molecule has 0 saturated heterocycles. The molecule has 0 aliphatic rings. The Morgan fingerprint density at radius 2 is 1.90 bits per heavy atom. The summed E-state index contributed by atoms with van der Waals surface area (Å²) in [6, 6.07) is 16.3. The second-order valence-electron chi connectivity index (χ2n) is 5.93. The van der Waals surface area contributed by atoms with E-state index in [1.165, 1.54) is 13.2 Å². The van der Waals surface area contributed by atoms with Crippen LogP contribution in [0, 0.1) is 22.7 Å². The van der Waals surface area contributed by atoms with Gasteiger partial charge in [0.2, 0.25) is 5.88 Å². The van der Waals surface area contributed by atoms with E-state index in [1.807, 2.05) is 12.1 Å². The number of anilines is 1. The van der Waals surface area contributed by atoms with Gasteiger partial charge in [0.25, 0.3) is 5.91 Å². The van der Waals surface area contributed by atoms with E-state index in [2.05, 4.69) is 21.4 Å². The van der Waals surface area contributed by atoms with E-state index in [0.29, 0.717) is 16.7 Å². The van der Waals surface area contributed by atoms with Crippen LogP contribution in [-0.2, 0) is 6.61 Å². The number of hydrogen-bond acceptors (Lipinski definition) is 7. The van der Waals surface area contributed by atoms with Crippen molar-refractivity contribution in [2.24, 2.45) is 0 Å². The summed E-state index contributed by atoms with van der Waals surface area (Å²) in [5, 5.41) is 21.8. The summed E-state index contributed by atoms with van der Waals surface area (Å²) in [5.41, 5.74) is 8.12. The van der Waals surface area contributed by atoms with Gasteiger partial charge in [-0.05, 0) is 23.3 Å². The first-order valence-electron chi connectivity index (χ1n) is 8.58. The summed E-state index contributed by atoms with van der Waals surface area (Å²) in [4.78, 5) is 19.8. The monoisotopic (exact) mass is 384 g/mol. The molecule has 8 heteroatoms. The molecule has 0 saturated carbocycles. The van der Waals surface area contributed by atoms with E-state index in [1.54, 1.807) is 36.4 Å². The molecular formula is C21H16N6O2. The summed E-state index contributed by atoms with van der Waals surface area (Å²) < 4.78 is 5.74. The van der Waals surface area contributed by atoms with E-state index in [9.17, 15) is 15.3 Å². The van der Waals surface area contributed by atoms with Crippen LogP contribution in [-0.4, -0.2) is 22.9 Å². The van der Waals surface area contributed by atoms with Gasteiger partial charge in [-0.3, -0.25) is 9.78 Å². The highest BCUT2D eigenvalue weighted by atomic mass is 16.5. The number of amides is 1. The number of carbonyl (C=O) groups excluding carboxylic acids is 1. The third-order valence-electron chi connectivity index (χ3n) is 4.14. The molecule has 2 aromatic heterocycles. The van der Waals surface area contributed by atoms with Crippen molar-refractivity contribution in [3.63, 3.8) is 0 Å². The zero-order chi connectivity index (χ0) is 20.8. The number of ether oxygens (including phenoxy) is 1. The number of pyridine rings is 2. The summed E-state index contributed by atoms with van der Waals surface area (Å²) in [5.74, 6) is -0.334. The predicted molar refractivity (Wildman–Crippen MR) is 105 cm³/mol. The van der Waals surface area contributed by atoms with Crippen LogP contribution in [0.3, 0.4) is 0 Å². The normalized spacial score (nSPS) is 9.90. The van der Waals surface area contributed by atoms with Crippen LogP contribution in [0.1, 0.15) is 27.2 Å². The maximum atomic E-state index is 11.7. The first kappa shape index (κ1) is 19.3. The van der Waals surface area contributed by atoms with Crippen molar-refractivity contribution in [2.45, 2.75) is 6.61 Å². The Morgan fingerprint density at radius 1 is 1.17 bits per heavy atom. The average Bonchev–Trinajstić information content (AvgIpc) is 2.77. The van der Waals surface area contributed by atoms with Gasteiger partial charge in [0, 0.05) is 18.8 Å². The Morgan fingerprint density at radius 3 is 2.55 bits per heavy atom. The van der Waals surface area contributed by atoms with Crippen molar-refractivity contribution in [3.05, 3.63) is 71.0 Å². The highest BCUT2D eigenvalue weighted by Crippen LogP contribution is 2.35. The Bertz CT molecular complexity index is 1150. The topological polar surface area (TPSA) is 138 Å². The molecule has 0 aliphatic carbocycles. The number of rotatable bonds is 5. The fourth-order valence-electron chi connectivity index (χ4n) is 2.76. The zero-order valence-electron chi connectivity index (χ0n) is 15.5. The number of hydrogen-bond donors (Lipinski definition) is 2. The van der Waals surface area contributed by atoms with Gasteiger partial charge in [0.1, 0.15) is 41.4 Å². The molecular weight excluding hydrogens is 368 g/mol. The van der Waals surface area contributed by atoms with Crippen molar-refractivity contribution in [1.82, 2.24) is 15.3 Å². The summed E-state index contributed by atoms with van der Waals surface area (Å²) in [7, 11) is 1.51. The number of aromatic nitrogens is 2. The predicted octanol–water partition coefficient (Wildman–Crippen LogP) is 2.41. The van der Waals surface area contributed by atoms with Crippen molar-refractivity contribution in [3.8, 4) is 29.1 Å². The standard InChI is InChI=1S/C21H16N6O2/c1-25-20(28)17-9-13(7-8-26-17)12-29-21-16(11-23)18(14-5-3-2-4-6-14)15(10-22)19(24)27-21/h2-9H,12H2,1H3,(H2,24,27)(H,25,28). The van der Waals surface area contributed by atoms with Crippen molar-refractivity contribution >= 4 is 11.7 Å². The van der Waals surface area contributed by atoms with Gasteiger partial charge in [-0.15, -0.1) is 0 Å². The average molecular weight is 384 g/mol. The van der Waals surface area contributed by atoms with E-state index >= 15 is 0 Å². The lowest BCUT2D eigenvalue weighted by molar-refractivity contribution is 0.0958. The number of nitrogens with zero attached hydrogens (tertiary/aromatic N) is 4. The molecule has 3 rings (SSSR count). The molecule has 0 radical (unpaired) electrons. The molecule has 142 valence electrons. The summed E-state index contributed by atoms with van der Waals surface area (Å²) in [6.07, 6.45) is 1.49. The molecule has 3 aromatic rings. The van der Waals surface area contributed by atoms with Crippen LogP contribution in [0.25, 0.3) is 11.1 Å². The van der Waals surface area contributed by atoms with E-state index in [0.717, 1.165) is 0 Å². The molecule has 8 nitrogen and oxygen atoms in total. The lowest BCUT2D eigenvalue weighted by atomic mass is 9.96. The van der Waals surface area contributed by atoms with Crippen LogP contribution >= 0.6 is 0 Å². The molecule has 3 N–H and O–H groups in total. The molecule has 0 fully saturated rings. The largest absolute Gasteiger partial charge is 0.472 e. The molecule has 0 atom stereocenters. The van der Waals surface area contributed by atoms with Crippen LogP contribution in [0.4, 0.5) is 5.82 Å². The Balaban J connectivity index is 2.01. The van der Waals surface area contributed by atoms with Crippen LogP contribution in [0.2, 0.25) is 0 Å². The van der Waals surface area contributed by atoms with Gasteiger partial charge in [-0.2, -0.15) is 15.5 Å². The third kappa shape index (κ3) is 3.97. The number of carbonyl (C=O) groups is 1.